The van der Waals surface area contributed by atoms with E-state index in [4.69, 9.17) is 5.11 Å². The van der Waals surface area contributed by atoms with Crippen LogP contribution in [0, 0.1) is 0 Å². The number of amides is 1. The van der Waals surface area contributed by atoms with Crippen molar-refractivity contribution >= 4 is 27.6 Å². The average molecular weight is 326 g/mol. The summed E-state index contributed by atoms with van der Waals surface area (Å²) < 4.78 is 26.5. The van der Waals surface area contributed by atoms with E-state index in [1.165, 1.54) is 26.0 Å². The molecule has 1 unspecified atom stereocenters. The van der Waals surface area contributed by atoms with Gasteiger partial charge in [-0.05, 0) is 44.0 Å². The Bertz CT molecular complexity index is 729. The predicted molar refractivity (Wildman–Crippen MR) is 80.2 cm³/mol. The third kappa shape index (κ3) is 2.97. The van der Waals surface area contributed by atoms with Crippen LogP contribution in [0.4, 0.5) is 5.69 Å². The van der Waals surface area contributed by atoms with Gasteiger partial charge in [0.1, 0.15) is 6.04 Å². The number of nitrogens with zero attached hydrogens (tertiary/aromatic N) is 1. The Morgan fingerprint density at radius 2 is 2.05 bits per heavy atom. The Labute approximate surface area is 129 Å². The van der Waals surface area contributed by atoms with E-state index in [0.717, 1.165) is 5.56 Å². The molecule has 1 aliphatic heterocycles. The van der Waals surface area contributed by atoms with Gasteiger partial charge in [-0.3, -0.25) is 9.59 Å². The van der Waals surface area contributed by atoms with Gasteiger partial charge >= 0.3 is 5.97 Å². The topological polar surface area (TPSA) is 104 Å². The Morgan fingerprint density at radius 1 is 1.41 bits per heavy atom. The van der Waals surface area contributed by atoms with Crippen LogP contribution >= 0.6 is 0 Å². The zero-order valence-corrected chi connectivity index (χ0v) is 13.3. The van der Waals surface area contributed by atoms with Gasteiger partial charge in [0.25, 0.3) is 0 Å². The number of nitrogens with one attached hydrogen (secondary N) is 1. The summed E-state index contributed by atoms with van der Waals surface area (Å²) in [6, 6.07) is 3.21. The molecule has 7 nitrogen and oxygen atoms in total. The lowest BCUT2D eigenvalue weighted by atomic mass is 10.1. The number of benzene rings is 1. The smallest absolute Gasteiger partial charge is 0.321 e. The molecule has 1 aliphatic rings. The molecule has 0 saturated heterocycles. The van der Waals surface area contributed by atoms with Crippen molar-refractivity contribution in [3.05, 3.63) is 23.8 Å². The van der Waals surface area contributed by atoms with Crippen LogP contribution in [-0.4, -0.2) is 37.5 Å². The summed E-state index contributed by atoms with van der Waals surface area (Å²) >= 11 is 0. The fourth-order valence-electron chi connectivity index (χ4n) is 2.61. The lowest BCUT2D eigenvalue weighted by Crippen LogP contribution is -2.38. The highest BCUT2D eigenvalue weighted by Crippen LogP contribution is 2.33. The highest BCUT2D eigenvalue weighted by molar-refractivity contribution is 7.89. The van der Waals surface area contributed by atoms with E-state index >= 15 is 0 Å². The lowest BCUT2D eigenvalue weighted by molar-refractivity contribution is -0.138. The molecule has 2 atom stereocenters. The van der Waals surface area contributed by atoms with Gasteiger partial charge in [-0.15, -0.1) is 0 Å². The number of anilines is 1. The van der Waals surface area contributed by atoms with Crippen LogP contribution in [0.15, 0.2) is 23.1 Å². The van der Waals surface area contributed by atoms with Crippen LogP contribution in [-0.2, 0) is 26.0 Å². The van der Waals surface area contributed by atoms with Gasteiger partial charge in [0.15, 0.2) is 0 Å². The summed E-state index contributed by atoms with van der Waals surface area (Å²) in [6.45, 7) is 4.61. The second kappa shape index (κ2) is 5.69. The van der Waals surface area contributed by atoms with Crippen molar-refractivity contribution in [1.29, 1.82) is 0 Å². The lowest BCUT2D eigenvalue weighted by Gasteiger charge is -2.20. The molecular weight excluding hydrogens is 308 g/mol. The molecule has 1 aromatic carbocycles. The molecule has 1 aromatic rings. The maximum Gasteiger partial charge on any atom is 0.321 e. The molecule has 0 radical (unpaired) electrons. The van der Waals surface area contributed by atoms with E-state index in [0.29, 0.717) is 12.1 Å². The van der Waals surface area contributed by atoms with Gasteiger partial charge in [0, 0.05) is 18.7 Å². The van der Waals surface area contributed by atoms with Gasteiger partial charge in [-0.2, -0.15) is 4.72 Å². The second-order valence-corrected chi connectivity index (χ2v) is 7.13. The van der Waals surface area contributed by atoms with Crippen molar-refractivity contribution in [2.75, 3.05) is 4.90 Å². The molecule has 2 rings (SSSR count). The third-order valence-corrected chi connectivity index (χ3v) is 5.16. The number of rotatable bonds is 4. The number of hydrogen-bond donors (Lipinski definition) is 2. The minimum absolute atomic E-state index is 0.00282. The first kappa shape index (κ1) is 16.4. The number of carbonyl (C=O) groups excluding carboxylic acids is 1. The van der Waals surface area contributed by atoms with Gasteiger partial charge < -0.3 is 10.0 Å². The van der Waals surface area contributed by atoms with Crippen molar-refractivity contribution in [1.82, 2.24) is 4.72 Å². The summed E-state index contributed by atoms with van der Waals surface area (Å²) in [5.41, 5.74) is 1.46. The van der Waals surface area contributed by atoms with E-state index in [1.807, 2.05) is 6.92 Å². The Hall–Kier alpha value is -1.93. The van der Waals surface area contributed by atoms with Crippen molar-refractivity contribution in [2.45, 2.75) is 44.2 Å². The molecule has 0 fully saturated rings. The number of sulfonamides is 1. The molecule has 8 heteroatoms. The quantitative estimate of drug-likeness (QED) is 0.849. The molecule has 1 amide bonds. The minimum atomic E-state index is -3.92. The van der Waals surface area contributed by atoms with Crippen LogP contribution in [0.3, 0.4) is 0 Å². The van der Waals surface area contributed by atoms with Crippen molar-refractivity contribution < 1.29 is 23.1 Å². The normalized spacial score (nSPS) is 18.9. The predicted octanol–water partition coefficient (Wildman–Crippen LogP) is 0.735. The maximum atomic E-state index is 12.2. The number of carbonyl (C=O) groups is 2. The number of fused-ring (bicyclic) bond motifs is 1. The Morgan fingerprint density at radius 3 is 2.59 bits per heavy atom. The number of carboxylic acids is 1. The zero-order chi connectivity index (χ0) is 16.7. The van der Waals surface area contributed by atoms with Crippen molar-refractivity contribution in [2.24, 2.45) is 0 Å². The minimum Gasteiger partial charge on any atom is -0.480 e. The second-order valence-electron chi connectivity index (χ2n) is 5.41. The highest BCUT2D eigenvalue weighted by atomic mass is 32.2. The monoisotopic (exact) mass is 326 g/mol. The van der Waals surface area contributed by atoms with Crippen LogP contribution in [0.5, 0.6) is 0 Å². The van der Waals surface area contributed by atoms with E-state index in [2.05, 4.69) is 4.72 Å². The molecule has 0 bridgehead atoms. The van der Waals surface area contributed by atoms with Crippen LogP contribution < -0.4 is 9.62 Å². The van der Waals surface area contributed by atoms with E-state index in [1.54, 1.807) is 11.0 Å². The molecule has 0 aromatic heterocycles. The first-order valence-corrected chi connectivity index (χ1v) is 8.29. The third-order valence-electron chi connectivity index (χ3n) is 3.62. The maximum absolute atomic E-state index is 12.2. The first-order chi connectivity index (χ1) is 10.1. The highest BCUT2D eigenvalue weighted by Gasteiger charge is 2.30. The zero-order valence-electron chi connectivity index (χ0n) is 12.5. The number of carboxylic acid groups (broad SMARTS) is 1. The molecular formula is C14H18N2O5S. The fourth-order valence-corrected chi connectivity index (χ4v) is 3.85. The van der Waals surface area contributed by atoms with Crippen LogP contribution in [0.25, 0.3) is 0 Å². The molecule has 2 N–H and O–H groups in total. The van der Waals surface area contributed by atoms with Crippen LogP contribution in [0.2, 0.25) is 0 Å². The van der Waals surface area contributed by atoms with Gasteiger partial charge in [0.2, 0.25) is 15.9 Å². The van der Waals surface area contributed by atoms with Gasteiger partial charge in [-0.1, -0.05) is 0 Å². The van der Waals surface area contributed by atoms with Crippen molar-refractivity contribution in [3.8, 4) is 0 Å². The van der Waals surface area contributed by atoms with Crippen LogP contribution in [0.1, 0.15) is 26.3 Å². The SMILES string of the molecule is CC(=O)N1c2ccc(S(=O)(=O)N[C@H](C)C(=O)O)cc2CC1C. The largest absolute Gasteiger partial charge is 0.480 e. The summed E-state index contributed by atoms with van der Waals surface area (Å²) in [6.07, 6.45) is 0.562. The molecule has 0 saturated carbocycles. The fraction of sp³-hybridized carbons (Fsp3) is 0.429. The summed E-state index contributed by atoms with van der Waals surface area (Å²) in [5, 5.41) is 8.81. The number of aliphatic carboxylic acids is 1. The van der Waals surface area contributed by atoms with E-state index in [-0.39, 0.29) is 16.8 Å². The Balaban J connectivity index is 2.35. The summed E-state index contributed by atoms with van der Waals surface area (Å²) in [4.78, 5) is 24.1. The van der Waals surface area contributed by atoms with E-state index in [9.17, 15) is 18.0 Å². The summed E-state index contributed by atoms with van der Waals surface area (Å²) in [5.74, 6) is -1.35. The molecule has 0 aliphatic carbocycles. The molecule has 1 heterocycles. The molecule has 22 heavy (non-hydrogen) atoms. The first-order valence-electron chi connectivity index (χ1n) is 6.81. The van der Waals surface area contributed by atoms with Gasteiger partial charge in [-0.25, -0.2) is 8.42 Å². The average Bonchev–Trinajstić information content (AvgIpc) is 2.72. The standard InChI is InChI=1S/C14H18N2O5S/c1-8-6-11-7-12(4-5-13(11)16(8)10(3)17)22(20,21)15-9(2)14(18)19/h4-5,7-9,15H,6H2,1-3H3,(H,18,19)/t8?,9-/m1/s1. The van der Waals surface area contributed by atoms with Crippen molar-refractivity contribution in [3.63, 3.8) is 0 Å². The number of hydrogen-bond acceptors (Lipinski definition) is 4. The van der Waals surface area contributed by atoms with E-state index < -0.39 is 22.0 Å². The van der Waals surface area contributed by atoms with Gasteiger partial charge in [0.05, 0.1) is 4.90 Å². The molecule has 0 spiro atoms. The summed E-state index contributed by atoms with van der Waals surface area (Å²) in [7, 11) is -3.92. The molecule has 120 valence electrons. The Kier molecular flexibility index (Phi) is 4.25.